The number of carbonyl (C=O) groups is 2. The van der Waals surface area contributed by atoms with Crippen LogP contribution in [0.1, 0.15) is 15.9 Å². The van der Waals surface area contributed by atoms with E-state index in [-0.39, 0.29) is 30.6 Å². The molecule has 2 heterocycles. The number of benzene rings is 3. The maximum atomic E-state index is 12.6. The molecule has 0 unspecified atom stereocenters. The van der Waals surface area contributed by atoms with Gasteiger partial charge in [0.25, 0.3) is 5.91 Å². The van der Waals surface area contributed by atoms with Crippen molar-refractivity contribution in [3.63, 3.8) is 0 Å². The first kappa shape index (κ1) is 21.1. The molecule has 2 aliphatic heterocycles. The summed E-state index contributed by atoms with van der Waals surface area (Å²) in [7, 11) is 0. The zero-order valence-corrected chi connectivity index (χ0v) is 18.0. The molecule has 3 aromatic rings. The number of carbonyl (C=O) groups excluding carboxylic acids is 2. The predicted octanol–water partition coefficient (Wildman–Crippen LogP) is 2.78. The van der Waals surface area contributed by atoms with Gasteiger partial charge in [0, 0.05) is 38.1 Å². The Hall–Kier alpha value is -3.78. The van der Waals surface area contributed by atoms with Gasteiger partial charge in [-0.25, -0.2) is 4.79 Å². The molecule has 0 bridgehead atoms. The van der Waals surface area contributed by atoms with Gasteiger partial charge in [0.2, 0.25) is 6.79 Å². The zero-order chi connectivity index (χ0) is 22.8. The summed E-state index contributed by atoms with van der Waals surface area (Å²) >= 11 is 0. The quantitative estimate of drug-likeness (QED) is 0.601. The molecule has 1 fully saturated rings. The van der Waals surface area contributed by atoms with Crippen LogP contribution in [0, 0.1) is 0 Å². The van der Waals surface area contributed by atoms with E-state index in [1.165, 1.54) is 6.07 Å². The van der Waals surface area contributed by atoms with Crippen LogP contribution >= 0.6 is 0 Å². The molecule has 1 N–H and O–H groups in total. The van der Waals surface area contributed by atoms with Crippen LogP contribution in [0.3, 0.4) is 0 Å². The monoisotopic (exact) mass is 448 g/mol. The first-order valence-electron chi connectivity index (χ1n) is 10.8. The molecule has 33 heavy (non-hydrogen) atoms. The molecule has 0 spiro atoms. The molecule has 1 saturated heterocycles. The minimum absolute atomic E-state index is 0.0510. The average Bonchev–Trinajstić information content (AvgIpc) is 3.31. The van der Waals surface area contributed by atoms with E-state index in [1.54, 1.807) is 23.1 Å². The summed E-state index contributed by atoms with van der Waals surface area (Å²) in [6, 6.07) is 16.4. The van der Waals surface area contributed by atoms with Crippen LogP contribution in [0.5, 0.6) is 17.2 Å². The summed E-state index contributed by atoms with van der Waals surface area (Å²) < 4.78 is 16.0. The third-order valence-electron chi connectivity index (χ3n) is 6.02. The number of hydrogen-bond donors (Lipinski definition) is 1. The number of esters is 1. The van der Waals surface area contributed by atoms with Crippen LogP contribution < -0.4 is 9.47 Å². The van der Waals surface area contributed by atoms with E-state index < -0.39 is 5.97 Å². The van der Waals surface area contributed by atoms with E-state index in [1.807, 2.05) is 30.3 Å². The van der Waals surface area contributed by atoms with E-state index in [2.05, 4.69) is 4.90 Å². The number of amides is 1. The summed E-state index contributed by atoms with van der Waals surface area (Å²) in [4.78, 5) is 29.0. The highest BCUT2D eigenvalue weighted by Crippen LogP contribution is 2.33. The highest BCUT2D eigenvalue weighted by Gasteiger charge is 2.24. The lowest BCUT2D eigenvalue weighted by Crippen LogP contribution is -2.49. The van der Waals surface area contributed by atoms with Crippen LogP contribution in [0.15, 0.2) is 54.6 Å². The third kappa shape index (κ3) is 4.42. The van der Waals surface area contributed by atoms with Crippen molar-refractivity contribution >= 4 is 22.6 Å². The van der Waals surface area contributed by atoms with Crippen LogP contribution in [-0.4, -0.2) is 66.4 Å². The van der Waals surface area contributed by atoms with Crippen LogP contribution in [0.4, 0.5) is 0 Å². The van der Waals surface area contributed by atoms with Crippen molar-refractivity contribution in [3.05, 3.63) is 65.7 Å². The number of fused-ring (bicyclic) bond motifs is 2. The van der Waals surface area contributed by atoms with Crippen LogP contribution in [0.2, 0.25) is 0 Å². The maximum absolute atomic E-state index is 12.6. The van der Waals surface area contributed by atoms with Crippen LogP contribution in [-0.2, 0) is 16.1 Å². The number of aromatic hydroxyl groups is 1. The van der Waals surface area contributed by atoms with Crippen molar-refractivity contribution < 1.29 is 28.9 Å². The second-order valence-corrected chi connectivity index (χ2v) is 8.10. The fourth-order valence-electron chi connectivity index (χ4n) is 4.17. The van der Waals surface area contributed by atoms with Gasteiger partial charge < -0.3 is 24.2 Å². The summed E-state index contributed by atoms with van der Waals surface area (Å²) in [5, 5.41) is 11.8. The number of hydrogen-bond acceptors (Lipinski definition) is 7. The van der Waals surface area contributed by atoms with E-state index in [0.29, 0.717) is 18.5 Å². The molecule has 0 aromatic heterocycles. The molecule has 3 aromatic carbocycles. The first-order valence-corrected chi connectivity index (χ1v) is 10.8. The lowest BCUT2D eigenvalue weighted by atomic mass is 10.1. The summed E-state index contributed by atoms with van der Waals surface area (Å²) in [6.07, 6.45) is 0. The molecule has 2 aliphatic rings. The molecule has 170 valence electrons. The molecule has 0 radical (unpaired) electrons. The molecule has 0 aliphatic carbocycles. The number of phenols is 1. The van der Waals surface area contributed by atoms with Gasteiger partial charge in [-0.05, 0) is 29.1 Å². The second kappa shape index (κ2) is 8.99. The van der Waals surface area contributed by atoms with Gasteiger partial charge in [-0.1, -0.05) is 36.4 Å². The fourth-order valence-corrected chi connectivity index (χ4v) is 4.17. The van der Waals surface area contributed by atoms with Gasteiger partial charge in [0.1, 0.15) is 11.3 Å². The van der Waals surface area contributed by atoms with E-state index in [4.69, 9.17) is 14.2 Å². The molecule has 5 rings (SSSR count). The standard InChI is InChI=1S/C25H24N2O6/c28-23(15-31-25(30)20-7-6-18-3-1-2-4-19(18)24(20)29)27-11-9-26(10-12-27)14-17-5-8-21-22(13-17)33-16-32-21/h1-8,13,29H,9-12,14-16H2. The van der Waals surface area contributed by atoms with Crippen molar-refractivity contribution in [3.8, 4) is 17.2 Å². The lowest BCUT2D eigenvalue weighted by Gasteiger charge is -2.34. The van der Waals surface area contributed by atoms with Crippen molar-refractivity contribution in [2.24, 2.45) is 0 Å². The molecule has 0 atom stereocenters. The average molecular weight is 448 g/mol. The van der Waals surface area contributed by atoms with Gasteiger partial charge in [-0.2, -0.15) is 0 Å². The van der Waals surface area contributed by atoms with Gasteiger partial charge in [0.15, 0.2) is 18.1 Å². The Morgan fingerprint density at radius 1 is 0.939 bits per heavy atom. The third-order valence-corrected chi connectivity index (χ3v) is 6.02. The van der Waals surface area contributed by atoms with E-state index in [0.717, 1.165) is 42.1 Å². The van der Waals surface area contributed by atoms with Crippen molar-refractivity contribution in [2.45, 2.75) is 6.54 Å². The Balaban J connectivity index is 1.12. The van der Waals surface area contributed by atoms with Crippen molar-refractivity contribution in [1.82, 2.24) is 9.80 Å². The minimum atomic E-state index is -0.715. The van der Waals surface area contributed by atoms with Gasteiger partial charge in [-0.3, -0.25) is 9.69 Å². The van der Waals surface area contributed by atoms with Crippen molar-refractivity contribution in [1.29, 1.82) is 0 Å². The number of rotatable bonds is 5. The lowest BCUT2D eigenvalue weighted by molar-refractivity contribution is -0.136. The minimum Gasteiger partial charge on any atom is -0.506 e. The SMILES string of the molecule is O=C(OCC(=O)N1CCN(Cc2ccc3c(c2)OCO3)CC1)c1ccc2ccccc2c1O. The summed E-state index contributed by atoms with van der Waals surface area (Å²) in [6.45, 7) is 3.22. The highest BCUT2D eigenvalue weighted by molar-refractivity contribution is 6.01. The van der Waals surface area contributed by atoms with Crippen molar-refractivity contribution in [2.75, 3.05) is 39.6 Å². The number of nitrogens with zero attached hydrogens (tertiary/aromatic N) is 2. The molecule has 1 amide bonds. The molecule has 8 nitrogen and oxygen atoms in total. The first-order chi connectivity index (χ1) is 16.1. The smallest absolute Gasteiger partial charge is 0.342 e. The highest BCUT2D eigenvalue weighted by atomic mass is 16.7. The Morgan fingerprint density at radius 2 is 1.73 bits per heavy atom. The Morgan fingerprint density at radius 3 is 2.58 bits per heavy atom. The molecular weight excluding hydrogens is 424 g/mol. The zero-order valence-electron chi connectivity index (χ0n) is 18.0. The topological polar surface area (TPSA) is 88.5 Å². The predicted molar refractivity (Wildman–Crippen MR) is 120 cm³/mol. The second-order valence-electron chi connectivity index (χ2n) is 8.10. The molecule has 0 saturated carbocycles. The number of phenolic OH excluding ortho intramolecular Hbond substituents is 1. The van der Waals surface area contributed by atoms with Gasteiger partial charge >= 0.3 is 5.97 Å². The van der Waals surface area contributed by atoms with Crippen LogP contribution in [0.25, 0.3) is 10.8 Å². The Labute approximate surface area is 190 Å². The summed E-state index contributed by atoms with van der Waals surface area (Å²) in [5.41, 5.74) is 1.18. The van der Waals surface area contributed by atoms with E-state index >= 15 is 0 Å². The largest absolute Gasteiger partial charge is 0.506 e. The summed E-state index contributed by atoms with van der Waals surface area (Å²) in [5.74, 6) is 0.434. The van der Waals surface area contributed by atoms with E-state index in [9.17, 15) is 14.7 Å². The Bertz CT molecular complexity index is 1200. The normalized spacial score (nSPS) is 15.6. The number of piperazine rings is 1. The Kier molecular flexibility index (Phi) is 5.75. The molecule has 8 heteroatoms. The van der Waals surface area contributed by atoms with Gasteiger partial charge in [-0.15, -0.1) is 0 Å². The fraction of sp³-hybridized carbons (Fsp3) is 0.280. The number of ether oxygens (including phenoxy) is 3. The molecular formula is C25H24N2O6. The van der Waals surface area contributed by atoms with Gasteiger partial charge in [0.05, 0.1) is 0 Å². The maximum Gasteiger partial charge on any atom is 0.342 e.